The molecule has 0 aliphatic heterocycles. The Bertz CT molecular complexity index is 1380. The average molecular weight is 579 g/mol. The third-order valence-corrected chi connectivity index (χ3v) is 5.98. The molecule has 0 amide bonds. The van der Waals surface area contributed by atoms with Gasteiger partial charge in [-0.2, -0.15) is 41.6 Å². The Balaban J connectivity index is 1.74. The van der Waals surface area contributed by atoms with E-state index in [4.69, 9.17) is 5.73 Å². The van der Waals surface area contributed by atoms with E-state index >= 15 is 0 Å². The van der Waals surface area contributed by atoms with Crippen molar-refractivity contribution in [1.82, 2.24) is 9.97 Å². The van der Waals surface area contributed by atoms with Crippen LogP contribution in [-0.4, -0.2) is 33.6 Å². The summed E-state index contributed by atoms with van der Waals surface area (Å²) in [6.45, 7) is 2.84. The second-order valence-electron chi connectivity index (χ2n) is 9.18. The van der Waals surface area contributed by atoms with Gasteiger partial charge in [-0.05, 0) is 37.1 Å². The van der Waals surface area contributed by atoms with E-state index in [0.29, 0.717) is 0 Å². The average Bonchev–Trinajstić information content (AvgIpc) is 2.87. The fraction of sp³-hybridized carbons (Fsp3) is 0.296. The summed E-state index contributed by atoms with van der Waals surface area (Å²) in [4.78, 5) is 33.4. The molecule has 0 saturated carbocycles. The highest BCUT2D eigenvalue weighted by atomic mass is 19.4. The number of rotatable bonds is 10. The van der Waals surface area contributed by atoms with Crippen molar-refractivity contribution in [2.75, 3.05) is 16.4 Å². The summed E-state index contributed by atoms with van der Waals surface area (Å²) in [5, 5.41) is 15.2. The molecule has 0 unspecified atom stereocenters. The highest BCUT2D eigenvalue weighted by molar-refractivity contribution is 5.90. The number of carbonyl (C=O) groups is 2. The van der Waals surface area contributed by atoms with Crippen LogP contribution in [0.3, 0.4) is 0 Å². The van der Waals surface area contributed by atoms with Crippen LogP contribution in [0, 0.1) is 11.3 Å². The quantitative estimate of drug-likeness (QED) is 0.280. The van der Waals surface area contributed by atoms with Crippen LogP contribution in [0.15, 0.2) is 48.5 Å². The Kier molecular flexibility index (Phi) is 9.21. The SMILES string of the molecule is C[C@H](Nc1nc(N)nc(N[C@@H](C)C(=O)Cc2cccc(C(F)(F)F)c2)c1C#N)C(=O)Cc1cccc(C(F)(F)F)c1. The maximum atomic E-state index is 13.0. The van der Waals surface area contributed by atoms with Gasteiger partial charge in [0.1, 0.15) is 11.6 Å². The number of alkyl halides is 6. The van der Waals surface area contributed by atoms with Crippen LogP contribution in [0.1, 0.15) is 41.7 Å². The summed E-state index contributed by atoms with van der Waals surface area (Å²) in [5.74, 6) is -1.67. The van der Waals surface area contributed by atoms with E-state index in [0.717, 1.165) is 24.3 Å². The maximum Gasteiger partial charge on any atom is 0.416 e. The molecule has 1 aromatic heterocycles. The Labute approximate surface area is 230 Å². The maximum absolute atomic E-state index is 13.0. The van der Waals surface area contributed by atoms with Gasteiger partial charge in [0, 0.05) is 12.8 Å². The lowest BCUT2D eigenvalue weighted by Gasteiger charge is -2.19. The number of Topliss-reactive ketones (excluding diaryl/α,β-unsaturated/α-hetero) is 2. The number of hydrogen-bond donors (Lipinski definition) is 3. The Morgan fingerprint density at radius 3 is 1.56 bits per heavy atom. The van der Waals surface area contributed by atoms with Gasteiger partial charge in [0.25, 0.3) is 0 Å². The third-order valence-electron chi connectivity index (χ3n) is 5.98. The summed E-state index contributed by atoms with van der Waals surface area (Å²) in [6.07, 6.45) is -9.82. The molecule has 2 aromatic carbocycles. The summed E-state index contributed by atoms with van der Waals surface area (Å²) < 4.78 is 78.0. The summed E-state index contributed by atoms with van der Waals surface area (Å²) in [6, 6.07) is 8.47. The minimum atomic E-state index is -4.57. The molecule has 41 heavy (non-hydrogen) atoms. The molecule has 2 atom stereocenters. The van der Waals surface area contributed by atoms with Gasteiger partial charge in [0.05, 0.1) is 23.2 Å². The molecule has 8 nitrogen and oxygen atoms in total. The van der Waals surface area contributed by atoms with Crippen molar-refractivity contribution in [3.8, 4) is 6.07 Å². The second-order valence-corrected chi connectivity index (χ2v) is 9.18. The number of nitrogens with one attached hydrogen (secondary N) is 2. The molecule has 3 aromatic rings. The van der Waals surface area contributed by atoms with E-state index in [9.17, 15) is 41.2 Å². The predicted octanol–water partition coefficient (Wildman–Crippen LogP) is 5.19. The second kappa shape index (κ2) is 12.2. The lowest BCUT2D eigenvalue weighted by Crippen LogP contribution is -2.31. The van der Waals surface area contributed by atoms with Crippen LogP contribution in [-0.2, 0) is 34.8 Å². The molecule has 0 spiro atoms. The number of nitrogens with zero attached hydrogens (tertiary/aromatic N) is 3. The fourth-order valence-electron chi connectivity index (χ4n) is 3.79. The normalized spacial score (nSPS) is 13.1. The summed E-state index contributed by atoms with van der Waals surface area (Å²) in [7, 11) is 0. The fourth-order valence-corrected chi connectivity index (χ4v) is 3.79. The van der Waals surface area contributed by atoms with Crippen molar-refractivity contribution in [1.29, 1.82) is 5.26 Å². The van der Waals surface area contributed by atoms with Gasteiger partial charge in [0.2, 0.25) is 5.95 Å². The minimum absolute atomic E-state index is 0.136. The number of ketones is 2. The highest BCUT2D eigenvalue weighted by Gasteiger charge is 2.31. The summed E-state index contributed by atoms with van der Waals surface area (Å²) >= 11 is 0. The Morgan fingerprint density at radius 1 is 0.829 bits per heavy atom. The van der Waals surface area contributed by atoms with E-state index in [1.165, 1.54) is 38.1 Å². The van der Waals surface area contributed by atoms with Gasteiger partial charge in [-0.25, -0.2) is 0 Å². The lowest BCUT2D eigenvalue weighted by atomic mass is 10.0. The number of nitrogen functional groups attached to an aromatic ring is 1. The molecule has 0 aliphatic carbocycles. The first-order valence-electron chi connectivity index (χ1n) is 12.1. The van der Waals surface area contributed by atoms with Crippen molar-refractivity contribution in [3.05, 3.63) is 76.3 Å². The van der Waals surface area contributed by atoms with Gasteiger partial charge in [-0.3, -0.25) is 9.59 Å². The zero-order valence-electron chi connectivity index (χ0n) is 21.7. The smallest absolute Gasteiger partial charge is 0.368 e. The van der Waals surface area contributed by atoms with Gasteiger partial charge in [0.15, 0.2) is 23.2 Å². The molecule has 0 radical (unpaired) electrons. The van der Waals surface area contributed by atoms with Crippen LogP contribution in [0.2, 0.25) is 0 Å². The van der Waals surface area contributed by atoms with Gasteiger partial charge < -0.3 is 16.4 Å². The van der Waals surface area contributed by atoms with Crippen LogP contribution in [0.25, 0.3) is 0 Å². The molecule has 216 valence electrons. The van der Waals surface area contributed by atoms with Crippen LogP contribution in [0.5, 0.6) is 0 Å². The van der Waals surface area contributed by atoms with Crippen molar-refractivity contribution in [2.24, 2.45) is 0 Å². The summed E-state index contributed by atoms with van der Waals surface area (Å²) in [5.41, 5.74) is 4.02. The Morgan fingerprint density at radius 2 is 1.22 bits per heavy atom. The predicted molar refractivity (Wildman–Crippen MR) is 138 cm³/mol. The van der Waals surface area contributed by atoms with Gasteiger partial charge in [-0.1, -0.05) is 36.4 Å². The molecule has 0 aliphatic rings. The van der Waals surface area contributed by atoms with Crippen molar-refractivity contribution in [2.45, 2.75) is 51.1 Å². The van der Waals surface area contributed by atoms with E-state index in [1.807, 2.05) is 6.07 Å². The first-order valence-corrected chi connectivity index (χ1v) is 12.1. The van der Waals surface area contributed by atoms with E-state index < -0.39 is 47.1 Å². The molecular formula is C27H24F6N6O2. The minimum Gasteiger partial charge on any atom is -0.368 e. The van der Waals surface area contributed by atoms with Crippen molar-refractivity contribution < 1.29 is 35.9 Å². The largest absolute Gasteiger partial charge is 0.416 e. The molecule has 4 N–H and O–H groups in total. The van der Waals surface area contributed by atoms with Crippen molar-refractivity contribution in [3.63, 3.8) is 0 Å². The van der Waals surface area contributed by atoms with Gasteiger partial charge in [-0.15, -0.1) is 0 Å². The molecule has 3 rings (SSSR count). The highest BCUT2D eigenvalue weighted by Crippen LogP contribution is 2.31. The lowest BCUT2D eigenvalue weighted by molar-refractivity contribution is -0.138. The number of halogens is 6. The first kappa shape index (κ1) is 30.9. The molecular weight excluding hydrogens is 554 g/mol. The van der Waals surface area contributed by atoms with Crippen LogP contribution >= 0.6 is 0 Å². The zero-order chi connectivity index (χ0) is 30.5. The number of benzene rings is 2. The standard InChI is InChI=1S/C27H24F6N6O2/c1-14(21(40)11-16-5-3-7-18(9-16)26(28,29)30)36-23-20(13-34)24(39-25(35)38-23)37-15(2)22(41)12-17-6-4-8-19(10-17)27(31,32)33/h3-10,14-15H,11-12H2,1-2H3,(H4,35,36,37,38,39)/t14-,15-/m0/s1. The monoisotopic (exact) mass is 578 g/mol. The molecule has 14 heteroatoms. The van der Waals surface area contributed by atoms with Crippen LogP contribution < -0.4 is 16.4 Å². The van der Waals surface area contributed by atoms with Crippen molar-refractivity contribution >= 4 is 29.2 Å². The number of hydrogen-bond acceptors (Lipinski definition) is 8. The molecule has 1 heterocycles. The number of anilines is 3. The first-order chi connectivity index (χ1) is 19.1. The zero-order valence-corrected chi connectivity index (χ0v) is 21.7. The third kappa shape index (κ3) is 8.17. The molecule has 0 saturated heterocycles. The van der Waals surface area contributed by atoms with Gasteiger partial charge >= 0.3 is 12.4 Å². The number of nitriles is 1. The number of aromatic nitrogens is 2. The topological polar surface area (TPSA) is 134 Å². The Hall–Kier alpha value is -4.67. The van der Waals surface area contributed by atoms with E-state index in [1.54, 1.807) is 0 Å². The number of nitrogens with two attached hydrogens (primary N) is 1. The van der Waals surface area contributed by atoms with E-state index in [2.05, 4.69) is 20.6 Å². The van der Waals surface area contributed by atoms with Crippen LogP contribution in [0.4, 0.5) is 43.9 Å². The molecule has 0 fully saturated rings. The van der Waals surface area contributed by atoms with E-state index in [-0.39, 0.29) is 47.1 Å². The molecule has 0 bridgehead atoms. The number of carbonyl (C=O) groups excluding carboxylic acids is 2.